The lowest BCUT2D eigenvalue weighted by Gasteiger charge is -2.00. The highest BCUT2D eigenvalue weighted by atomic mass is 14.6. The Balaban J connectivity index is 0.000000172. The number of nitrogens with two attached hydrogens (primary N) is 4. The maximum atomic E-state index is 5.60. The fourth-order valence-corrected chi connectivity index (χ4v) is 2.01. The van der Waals surface area contributed by atoms with Gasteiger partial charge < -0.3 is 22.9 Å². The van der Waals surface area contributed by atoms with Gasteiger partial charge in [0.05, 0.1) is 0 Å². The van der Waals surface area contributed by atoms with Crippen LogP contribution in [-0.2, 0) is 0 Å². The first kappa shape index (κ1) is 15.3. The molecule has 0 saturated heterocycles. The summed E-state index contributed by atoms with van der Waals surface area (Å²) in [6, 6.07) is 23.2. The minimum atomic E-state index is 0.604. The molecule has 3 rings (SSSR count). The molecule has 0 aliphatic carbocycles. The van der Waals surface area contributed by atoms with Crippen molar-refractivity contribution in [1.82, 2.24) is 0 Å². The third-order valence-electron chi connectivity index (χ3n) is 3.02. The van der Waals surface area contributed by atoms with Gasteiger partial charge in [-0.3, -0.25) is 0 Å². The summed E-state index contributed by atoms with van der Waals surface area (Å²) in [5, 5.41) is 0. The zero-order valence-electron chi connectivity index (χ0n) is 12.2. The van der Waals surface area contributed by atoms with Crippen LogP contribution in [0.15, 0.2) is 72.8 Å². The zero-order valence-corrected chi connectivity index (χ0v) is 12.2. The summed E-state index contributed by atoms with van der Waals surface area (Å²) in [5.41, 5.74) is 26.8. The quantitative estimate of drug-likeness (QED) is 0.516. The number of nitrogen functional groups attached to an aromatic ring is 4. The molecule has 22 heavy (non-hydrogen) atoms. The van der Waals surface area contributed by atoms with E-state index >= 15 is 0 Å². The normalized spacial score (nSPS) is 9.64. The van der Waals surface area contributed by atoms with Crippen LogP contribution in [0.3, 0.4) is 0 Å². The standard InChI is InChI=1S/C12H11N.C6H9N3/c13-12-8-6-11(7-9-12)10-4-2-1-3-5-10;7-4-1-5(8)3-6(9)2-4/h1-9H,13H2;1-3H,7-9H2. The van der Waals surface area contributed by atoms with Crippen molar-refractivity contribution in [3.63, 3.8) is 0 Å². The van der Waals surface area contributed by atoms with Crippen LogP contribution in [0, 0.1) is 0 Å². The molecule has 0 radical (unpaired) electrons. The second kappa shape index (κ2) is 7.04. The highest BCUT2D eigenvalue weighted by Gasteiger charge is 1.94. The molecular weight excluding hydrogens is 272 g/mol. The van der Waals surface area contributed by atoms with E-state index in [1.54, 1.807) is 18.2 Å². The SMILES string of the molecule is Nc1cc(N)cc(N)c1.Nc1ccc(-c2ccccc2)cc1. The lowest BCUT2D eigenvalue weighted by Crippen LogP contribution is -1.93. The van der Waals surface area contributed by atoms with E-state index in [1.165, 1.54) is 11.1 Å². The number of anilines is 4. The van der Waals surface area contributed by atoms with E-state index in [4.69, 9.17) is 22.9 Å². The molecule has 0 amide bonds. The molecule has 0 aromatic heterocycles. The molecule has 0 bridgehead atoms. The molecular formula is C18H20N4. The van der Waals surface area contributed by atoms with Crippen molar-refractivity contribution in [2.75, 3.05) is 22.9 Å². The molecule has 3 aromatic carbocycles. The van der Waals surface area contributed by atoms with E-state index in [9.17, 15) is 0 Å². The monoisotopic (exact) mass is 292 g/mol. The van der Waals surface area contributed by atoms with Crippen molar-refractivity contribution in [2.24, 2.45) is 0 Å². The highest BCUT2D eigenvalue weighted by molar-refractivity contribution is 5.65. The largest absolute Gasteiger partial charge is 0.399 e. The molecule has 112 valence electrons. The average molecular weight is 292 g/mol. The summed E-state index contributed by atoms with van der Waals surface area (Å²) in [6.07, 6.45) is 0. The Hall–Kier alpha value is -3.14. The van der Waals surface area contributed by atoms with Crippen molar-refractivity contribution in [1.29, 1.82) is 0 Å². The molecule has 0 atom stereocenters. The summed E-state index contributed by atoms with van der Waals surface area (Å²) >= 11 is 0. The first-order valence-electron chi connectivity index (χ1n) is 6.87. The van der Waals surface area contributed by atoms with Gasteiger partial charge in [-0.1, -0.05) is 42.5 Å². The topological polar surface area (TPSA) is 104 Å². The molecule has 0 aliphatic heterocycles. The van der Waals surface area contributed by atoms with E-state index in [0.29, 0.717) is 17.1 Å². The van der Waals surface area contributed by atoms with Gasteiger partial charge in [0, 0.05) is 22.7 Å². The molecule has 8 N–H and O–H groups in total. The summed E-state index contributed by atoms with van der Waals surface area (Å²) in [4.78, 5) is 0. The lowest BCUT2D eigenvalue weighted by atomic mass is 10.1. The van der Waals surface area contributed by atoms with Crippen LogP contribution in [-0.4, -0.2) is 0 Å². The average Bonchev–Trinajstić information content (AvgIpc) is 2.48. The van der Waals surface area contributed by atoms with Crippen molar-refractivity contribution < 1.29 is 0 Å². The summed E-state index contributed by atoms with van der Waals surface area (Å²) < 4.78 is 0. The van der Waals surface area contributed by atoms with Gasteiger partial charge in [-0.25, -0.2) is 0 Å². The van der Waals surface area contributed by atoms with Gasteiger partial charge in [0.25, 0.3) is 0 Å². The van der Waals surface area contributed by atoms with E-state index in [-0.39, 0.29) is 0 Å². The minimum Gasteiger partial charge on any atom is -0.399 e. The second-order valence-electron chi connectivity index (χ2n) is 4.92. The van der Waals surface area contributed by atoms with Gasteiger partial charge >= 0.3 is 0 Å². The Morgan fingerprint density at radius 1 is 0.409 bits per heavy atom. The maximum absolute atomic E-state index is 5.60. The molecule has 0 aliphatic rings. The number of hydrogen-bond donors (Lipinski definition) is 4. The minimum absolute atomic E-state index is 0.604. The number of benzene rings is 3. The smallest absolute Gasteiger partial charge is 0.0355 e. The van der Waals surface area contributed by atoms with E-state index in [2.05, 4.69) is 12.1 Å². The lowest BCUT2D eigenvalue weighted by molar-refractivity contribution is 1.61. The molecule has 0 saturated carbocycles. The first-order valence-corrected chi connectivity index (χ1v) is 6.87. The predicted octanol–water partition coefficient (Wildman–Crippen LogP) is 3.37. The molecule has 3 aromatic rings. The Labute approximate surface area is 130 Å². The zero-order chi connectivity index (χ0) is 15.9. The Kier molecular flexibility index (Phi) is 4.88. The van der Waals surface area contributed by atoms with Crippen LogP contribution in [0.1, 0.15) is 0 Å². The van der Waals surface area contributed by atoms with E-state index in [1.807, 2.05) is 42.5 Å². The maximum Gasteiger partial charge on any atom is 0.0355 e. The van der Waals surface area contributed by atoms with Gasteiger partial charge in [0.2, 0.25) is 0 Å². The number of rotatable bonds is 1. The Morgan fingerprint density at radius 2 is 0.818 bits per heavy atom. The Bertz CT molecular complexity index is 671. The van der Waals surface area contributed by atoms with Crippen LogP contribution in [0.5, 0.6) is 0 Å². The summed E-state index contributed by atoms with van der Waals surface area (Å²) in [5.74, 6) is 0. The van der Waals surface area contributed by atoms with Crippen molar-refractivity contribution >= 4 is 22.7 Å². The molecule has 0 fully saturated rings. The van der Waals surface area contributed by atoms with Crippen LogP contribution in [0.4, 0.5) is 22.7 Å². The van der Waals surface area contributed by atoms with E-state index in [0.717, 1.165) is 5.69 Å². The van der Waals surface area contributed by atoms with Crippen LogP contribution < -0.4 is 22.9 Å². The fraction of sp³-hybridized carbons (Fsp3) is 0. The third kappa shape index (κ3) is 4.45. The van der Waals surface area contributed by atoms with Crippen LogP contribution in [0.2, 0.25) is 0 Å². The van der Waals surface area contributed by atoms with Crippen molar-refractivity contribution in [3.8, 4) is 11.1 Å². The van der Waals surface area contributed by atoms with Gasteiger partial charge in [-0.2, -0.15) is 0 Å². The molecule has 0 heterocycles. The predicted molar refractivity (Wildman–Crippen MR) is 96.0 cm³/mol. The van der Waals surface area contributed by atoms with Crippen LogP contribution >= 0.6 is 0 Å². The first-order chi connectivity index (χ1) is 10.5. The molecule has 4 heteroatoms. The van der Waals surface area contributed by atoms with Gasteiger partial charge in [-0.05, 0) is 41.5 Å². The highest BCUT2D eigenvalue weighted by Crippen LogP contribution is 2.19. The molecule has 0 unspecified atom stereocenters. The van der Waals surface area contributed by atoms with Gasteiger partial charge in [0.15, 0.2) is 0 Å². The molecule has 4 nitrogen and oxygen atoms in total. The fourth-order valence-electron chi connectivity index (χ4n) is 2.01. The van der Waals surface area contributed by atoms with Gasteiger partial charge in [0.1, 0.15) is 0 Å². The Morgan fingerprint density at radius 3 is 1.27 bits per heavy atom. The summed E-state index contributed by atoms with van der Waals surface area (Å²) in [7, 11) is 0. The van der Waals surface area contributed by atoms with Crippen molar-refractivity contribution in [2.45, 2.75) is 0 Å². The third-order valence-corrected chi connectivity index (χ3v) is 3.02. The van der Waals surface area contributed by atoms with Crippen molar-refractivity contribution in [3.05, 3.63) is 72.8 Å². The summed E-state index contributed by atoms with van der Waals surface area (Å²) in [6.45, 7) is 0. The number of hydrogen-bond acceptors (Lipinski definition) is 4. The molecule has 0 spiro atoms. The van der Waals surface area contributed by atoms with Crippen LogP contribution in [0.25, 0.3) is 11.1 Å². The second-order valence-corrected chi connectivity index (χ2v) is 4.92. The van der Waals surface area contributed by atoms with E-state index < -0.39 is 0 Å². The van der Waals surface area contributed by atoms with Gasteiger partial charge in [-0.15, -0.1) is 0 Å².